The lowest BCUT2D eigenvalue weighted by Gasteiger charge is -2.13. The second-order valence-corrected chi connectivity index (χ2v) is 9.25. The van der Waals surface area contributed by atoms with Crippen molar-refractivity contribution in [3.05, 3.63) is 82.1 Å². The summed E-state index contributed by atoms with van der Waals surface area (Å²) in [7, 11) is 1.51. The molecule has 1 saturated carbocycles. The molecule has 0 spiro atoms. The first-order chi connectivity index (χ1) is 18.7. The molecule has 4 heterocycles. The Morgan fingerprint density at radius 3 is 2.49 bits per heavy atom. The first-order valence-corrected chi connectivity index (χ1v) is 12.1. The number of hydrogen-bond donors (Lipinski definition) is 0. The van der Waals surface area contributed by atoms with Gasteiger partial charge >= 0.3 is 6.18 Å². The molecule has 1 aromatic carbocycles. The van der Waals surface area contributed by atoms with E-state index in [0.717, 1.165) is 30.2 Å². The van der Waals surface area contributed by atoms with Crippen molar-refractivity contribution in [1.82, 2.24) is 39.3 Å². The van der Waals surface area contributed by atoms with Gasteiger partial charge in [0.2, 0.25) is 5.88 Å². The summed E-state index contributed by atoms with van der Waals surface area (Å²) in [5, 5.41) is 3.69. The van der Waals surface area contributed by atoms with E-state index in [-0.39, 0.29) is 18.0 Å². The van der Waals surface area contributed by atoms with Gasteiger partial charge in [-0.25, -0.2) is 29.6 Å². The summed E-state index contributed by atoms with van der Waals surface area (Å²) in [5.74, 6) is 0.951. The number of fused-ring (bicyclic) bond motifs is 1. The number of halogens is 3. The number of rotatable bonds is 6. The van der Waals surface area contributed by atoms with Gasteiger partial charge in [-0.3, -0.25) is 9.36 Å². The Labute approximate surface area is 219 Å². The van der Waals surface area contributed by atoms with Crippen LogP contribution in [0.4, 0.5) is 13.2 Å². The van der Waals surface area contributed by atoms with E-state index in [1.807, 2.05) is 0 Å². The maximum Gasteiger partial charge on any atom is 0.435 e. The Hall–Kier alpha value is -4.68. The van der Waals surface area contributed by atoms with Gasteiger partial charge in [-0.05, 0) is 43.5 Å². The molecule has 39 heavy (non-hydrogen) atoms. The van der Waals surface area contributed by atoms with Crippen LogP contribution in [0.15, 0.2) is 53.8 Å². The van der Waals surface area contributed by atoms with Crippen LogP contribution in [0, 0.1) is 6.92 Å². The predicted octanol–water partition coefficient (Wildman–Crippen LogP) is 4.09. The van der Waals surface area contributed by atoms with Crippen LogP contribution >= 0.6 is 0 Å². The second kappa shape index (κ2) is 9.26. The summed E-state index contributed by atoms with van der Waals surface area (Å²) >= 11 is 0. The Bertz CT molecular complexity index is 1760. The number of alkyl halides is 3. The normalized spacial score (nSPS) is 13.7. The molecule has 13 heteroatoms. The Morgan fingerprint density at radius 2 is 1.82 bits per heavy atom. The minimum atomic E-state index is -4.53. The summed E-state index contributed by atoms with van der Waals surface area (Å²) in [6.07, 6.45) is 1.66. The Balaban J connectivity index is 1.38. The summed E-state index contributed by atoms with van der Waals surface area (Å²) in [6, 6.07) is 7.75. The minimum absolute atomic E-state index is 0.151. The fraction of sp³-hybridized carbons (Fsp3) is 0.269. The van der Waals surface area contributed by atoms with Crippen LogP contribution in [0.25, 0.3) is 28.2 Å². The summed E-state index contributed by atoms with van der Waals surface area (Å²) in [4.78, 5) is 34.9. The van der Waals surface area contributed by atoms with Crippen LogP contribution in [0.1, 0.15) is 41.4 Å². The zero-order valence-electron chi connectivity index (χ0n) is 20.8. The summed E-state index contributed by atoms with van der Waals surface area (Å²) in [5.41, 5.74) is 2.35. The van der Waals surface area contributed by atoms with Gasteiger partial charge in [-0.1, -0.05) is 12.1 Å². The quantitative estimate of drug-likeness (QED) is 0.320. The molecule has 6 rings (SSSR count). The monoisotopic (exact) mass is 534 g/mol. The standard InChI is InChI=1S/C26H21F3N8O2/c1-14-9-19(26(27,28)29)35-37(14)17-7-3-15(4-8-17)12-36-20(38)11-30-18-10-31-23(34-24(18)36)21-22(16-5-6-16)32-13-33-25(21)39-2/h3-4,7-11,13,16H,5-6,12H2,1-2H3. The van der Waals surface area contributed by atoms with Crippen molar-refractivity contribution in [3.8, 4) is 23.0 Å². The van der Waals surface area contributed by atoms with Crippen LogP contribution in [0.3, 0.4) is 0 Å². The van der Waals surface area contributed by atoms with E-state index in [1.54, 1.807) is 37.4 Å². The molecule has 0 unspecified atom stereocenters. The third-order valence-corrected chi connectivity index (χ3v) is 6.51. The summed E-state index contributed by atoms with van der Waals surface area (Å²) in [6.45, 7) is 1.70. The van der Waals surface area contributed by atoms with Gasteiger partial charge in [0.25, 0.3) is 5.56 Å². The lowest BCUT2D eigenvalue weighted by molar-refractivity contribution is -0.141. The molecule has 0 radical (unpaired) electrons. The first-order valence-electron chi connectivity index (χ1n) is 12.1. The number of aryl methyl sites for hydroxylation is 1. The van der Waals surface area contributed by atoms with Gasteiger partial charge in [0.15, 0.2) is 17.2 Å². The zero-order chi connectivity index (χ0) is 27.3. The van der Waals surface area contributed by atoms with Crippen molar-refractivity contribution >= 4 is 11.2 Å². The minimum Gasteiger partial charge on any atom is -0.480 e. The van der Waals surface area contributed by atoms with Gasteiger partial charge in [0.1, 0.15) is 17.4 Å². The van der Waals surface area contributed by atoms with Crippen LogP contribution in [-0.4, -0.2) is 46.4 Å². The Morgan fingerprint density at radius 1 is 1.05 bits per heavy atom. The average Bonchev–Trinajstić information content (AvgIpc) is 3.70. The predicted molar refractivity (Wildman–Crippen MR) is 134 cm³/mol. The highest BCUT2D eigenvalue weighted by Crippen LogP contribution is 2.44. The van der Waals surface area contributed by atoms with Gasteiger partial charge in [0, 0.05) is 11.6 Å². The smallest absolute Gasteiger partial charge is 0.435 e. The molecule has 4 aromatic heterocycles. The van der Waals surface area contributed by atoms with E-state index < -0.39 is 11.9 Å². The molecule has 5 aromatic rings. The number of benzene rings is 1. The van der Waals surface area contributed by atoms with E-state index in [1.165, 1.54) is 28.9 Å². The van der Waals surface area contributed by atoms with Crippen molar-refractivity contribution < 1.29 is 17.9 Å². The molecule has 0 bridgehead atoms. The maximum atomic E-state index is 13.1. The number of ether oxygens (including phenoxy) is 1. The van der Waals surface area contributed by atoms with Crippen LogP contribution < -0.4 is 10.3 Å². The van der Waals surface area contributed by atoms with Crippen LogP contribution in [0.5, 0.6) is 5.88 Å². The molecule has 1 fully saturated rings. The lowest BCUT2D eigenvalue weighted by Crippen LogP contribution is -2.22. The molecular formula is C26H21F3N8O2. The fourth-order valence-corrected chi connectivity index (χ4v) is 4.44. The molecule has 1 aliphatic rings. The molecule has 0 aliphatic heterocycles. The Kier molecular flexibility index (Phi) is 5.85. The highest BCUT2D eigenvalue weighted by atomic mass is 19.4. The van der Waals surface area contributed by atoms with Crippen LogP contribution in [-0.2, 0) is 12.7 Å². The van der Waals surface area contributed by atoms with E-state index >= 15 is 0 Å². The molecule has 1 aliphatic carbocycles. The third-order valence-electron chi connectivity index (χ3n) is 6.51. The molecular weight excluding hydrogens is 513 g/mol. The number of aromatic nitrogens is 8. The largest absolute Gasteiger partial charge is 0.480 e. The molecule has 198 valence electrons. The topological polar surface area (TPSA) is 114 Å². The van der Waals surface area contributed by atoms with Gasteiger partial charge in [-0.15, -0.1) is 0 Å². The summed E-state index contributed by atoms with van der Waals surface area (Å²) < 4.78 is 47.4. The molecule has 0 saturated heterocycles. The van der Waals surface area contributed by atoms with E-state index in [0.29, 0.717) is 39.8 Å². The number of methoxy groups -OCH3 is 1. The van der Waals surface area contributed by atoms with E-state index in [9.17, 15) is 18.0 Å². The lowest BCUT2D eigenvalue weighted by atomic mass is 10.1. The molecule has 10 nitrogen and oxygen atoms in total. The second-order valence-electron chi connectivity index (χ2n) is 9.25. The third kappa shape index (κ3) is 4.60. The van der Waals surface area contributed by atoms with Crippen LogP contribution in [0.2, 0.25) is 0 Å². The van der Waals surface area contributed by atoms with E-state index in [2.05, 4.69) is 25.0 Å². The van der Waals surface area contributed by atoms with Gasteiger partial charge in [0.05, 0.1) is 37.4 Å². The van der Waals surface area contributed by atoms with Gasteiger partial charge < -0.3 is 4.74 Å². The van der Waals surface area contributed by atoms with Crippen molar-refractivity contribution in [2.75, 3.05) is 7.11 Å². The molecule has 0 atom stereocenters. The highest BCUT2D eigenvalue weighted by Gasteiger charge is 2.34. The van der Waals surface area contributed by atoms with Crippen molar-refractivity contribution in [2.45, 2.75) is 38.4 Å². The zero-order valence-corrected chi connectivity index (χ0v) is 20.8. The van der Waals surface area contributed by atoms with Crippen molar-refractivity contribution in [3.63, 3.8) is 0 Å². The molecule has 0 amide bonds. The first kappa shape index (κ1) is 24.6. The van der Waals surface area contributed by atoms with Crippen molar-refractivity contribution in [2.24, 2.45) is 0 Å². The maximum absolute atomic E-state index is 13.1. The fourth-order valence-electron chi connectivity index (χ4n) is 4.44. The SMILES string of the molecule is COc1ncnc(C2CC2)c1-c1ncc2ncc(=O)n(Cc3ccc(-n4nc(C(F)(F)F)cc4C)cc3)c2n1. The average molecular weight is 535 g/mol. The highest BCUT2D eigenvalue weighted by molar-refractivity contribution is 5.74. The van der Waals surface area contributed by atoms with E-state index in [4.69, 9.17) is 9.72 Å². The number of nitrogens with zero attached hydrogens (tertiary/aromatic N) is 8. The van der Waals surface area contributed by atoms with Gasteiger partial charge in [-0.2, -0.15) is 18.3 Å². The van der Waals surface area contributed by atoms with Crippen molar-refractivity contribution in [1.29, 1.82) is 0 Å². The number of hydrogen-bond acceptors (Lipinski definition) is 8. The molecule has 0 N–H and O–H groups in total.